The third-order valence-corrected chi connectivity index (χ3v) is 5.77. The number of fused-ring (bicyclic) bond motifs is 1. The first-order chi connectivity index (χ1) is 14.1. The van der Waals surface area contributed by atoms with Crippen molar-refractivity contribution in [2.24, 2.45) is 0 Å². The van der Waals surface area contributed by atoms with E-state index in [1.54, 1.807) is 6.07 Å². The molecule has 1 aromatic heterocycles. The minimum Gasteiger partial charge on any atom is -0.334 e. The normalized spacial score (nSPS) is 19.4. The summed E-state index contributed by atoms with van der Waals surface area (Å²) in [5.74, 6) is -0.170. The molecule has 0 radical (unpaired) electrons. The largest absolute Gasteiger partial charge is 0.334 e. The van der Waals surface area contributed by atoms with Crippen molar-refractivity contribution in [2.75, 3.05) is 6.54 Å². The first-order valence-corrected chi connectivity index (χ1v) is 10.4. The molecule has 1 fully saturated rings. The number of hydrogen-bond donors (Lipinski definition) is 2. The highest BCUT2D eigenvalue weighted by Crippen LogP contribution is 2.25. The Kier molecular flexibility index (Phi) is 5.90. The number of aromatic amines is 1. The van der Waals surface area contributed by atoms with Crippen LogP contribution in [0.3, 0.4) is 0 Å². The van der Waals surface area contributed by atoms with Crippen molar-refractivity contribution in [1.29, 1.82) is 0 Å². The van der Waals surface area contributed by atoms with Crippen LogP contribution in [0.4, 0.5) is 4.39 Å². The number of benzene rings is 2. The third kappa shape index (κ3) is 4.48. The number of H-pyrrole nitrogens is 1. The van der Waals surface area contributed by atoms with Crippen molar-refractivity contribution in [1.82, 2.24) is 20.2 Å². The molecule has 2 aromatic carbocycles. The Bertz CT molecular complexity index is 971. The predicted octanol–water partition coefficient (Wildman–Crippen LogP) is 4.27. The molecule has 0 aliphatic heterocycles. The van der Waals surface area contributed by atoms with Gasteiger partial charge in [0.15, 0.2) is 5.82 Å². The highest BCUT2D eigenvalue weighted by molar-refractivity contribution is 5.94. The number of carbonyl (C=O) groups excluding carboxylic acids is 1. The fraction of sp³-hybridized carbons (Fsp3) is 0.391. The van der Waals surface area contributed by atoms with Crippen LogP contribution in [0, 0.1) is 5.82 Å². The van der Waals surface area contributed by atoms with E-state index in [1.807, 2.05) is 17.9 Å². The van der Waals surface area contributed by atoms with Gasteiger partial charge in [-0.25, -0.2) is 9.37 Å². The minimum absolute atomic E-state index is 0.113. The third-order valence-electron chi connectivity index (χ3n) is 5.77. The van der Waals surface area contributed by atoms with Crippen molar-refractivity contribution in [3.63, 3.8) is 0 Å². The molecule has 1 aliphatic carbocycles. The van der Waals surface area contributed by atoms with Gasteiger partial charge in [0.1, 0.15) is 5.82 Å². The average Bonchev–Trinajstić information content (AvgIpc) is 3.17. The van der Waals surface area contributed by atoms with Gasteiger partial charge in [0.2, 0.25) is 0 Å². The van der Waals surface area contributed by atoms with E-state index in [4.69, 9.17) is 0 Å². The molecule has 1 aliphatic rings. The van der Waals surface area contributed by atoms with Gasteiger partial charge in [-0.1, -0.05) is 30.3 Å². The molecule has 5 nitrogen and oxygen atoms in total. The second kappa shape index (κ2) is 8.74. The summed E-state index contributed by atoms with van der Waals surface area (Å²) in [6.45, 7) is 3.47. The van der Waals surface area contributed by atoms with E-state index < -0.39 is 0 Å². The summed E-state index contributed by atoms with van der Waals surface area (Å²) in [6.07, 6.45) is 4.14. The summed E-state index contributed by atoms with van der Waals surface area (Å²) < 4.78 is 13.5. The van der Waals surface area contributed by atoms with Crippen LogP contribution in [0.1, 0.15) is 48.8 Å². The number of aromatic nitrogens is 2. The highest BCUT2D eigenvalue weighted by Gasteiger charge is 2.30. The zero-order chi connectivity index (χ0) is 20.2. The van der Waals surface area contributed by atoms with E-state index in [-0.39, 0.29) is 23.6 Å². The number of imidazole rings is 1. The first-order valence-electron chi connectivity index (χ1n) is 10.4. The Hall–Kier alpha value is -2.73. The van der Waals surface area contributed by atoms with Gasteiger partial charge >= 0.3 is 0 Å². The zero-order valence-electron chi connectivity index (χ0n) is 16.7. The lowest BCUT2D eigenvalue weighted by molar-refractivity contribution is 0.0617. The fourth-order valence-electron chi connectivity index (χ4n) is 4.28. The zero-order valence-corrected chi connectivity index (χ0v) is 16.7. The van der Waals surface area contributed by atoms with E-state index >= 15 is 0 Å². The van der Waals surface area contributed by atoms with Gasteiger partial charge in [0.05, 0.1) is 11.0 Å². The molecular weight excluding hydrogens is 367 g/mol. The molecular formula is C23H27FN4O. The Morgan fingerprint density at radius 3 is 2.86 bits per heavy atom. The van der Waals surface area contributed by atoms with E-state index in [9.17, 15) is 9.18 Å². The van der Waals surface area contributed by atoms with Crippen LogP contribution in [0.15, 0.2) is 48.5 Å². The number of nitrogens with one attached hydrogen (secondary N) is 2. The smallest absolute Gasteiger partial charge is 0.289 e. The second-order valence-corrected chi connectivity index (χ2v) is 7.72. The van der Waals surface area contributed by atoms with Gasteiger partial charge in [-0.2, -0.15) is 0 Å². The van der Waals surface area contributed by atoms with E-state index in [2.05, 4.69) is 39.6 Å². The van der Waals surface area contributed by atoms with Crippen LogP contribution >= 0.6 is 0 Å². The maximum absolute atomic E-state index is 13.5. The molecule has 6 heteroatoms. The summed E-state index contributed by atoms with van der Waals surface area (Å²) in [6, 6.07) is 15.3. The summed E-state index contributed by atoms with van der Waals surface area (Å²) in [5.41, 5.74) is 2.43. The molecule has 0 saturated heterocycles. The summed E-state index contributed by atoms with van der Waals surface area (Å²) in [5, 5.41) is 3.65. The molecule has 0 spiro atoms. The average molecular weight is 394 g/mol. The number of amides is 1. The molecule has 2 N–H and O–H groups in total. The lowest BCUT2D eigenvalue weighted by atomic mass is 9.89. The molecule has 1 amide bonds. The van der Waals surface area contributed by atoms with Crippen LogP contribution < -0.4 is 5.32 Å². The van der Waals surface area contributed by atoms with Gasteiger partial charge in [-0.05, 0) is 56.4 Å². The molecule has 4 rings (SSSR count). The van der Waals surface area contributed by atoms with E-state index in [0.29, 0.717) is 23.6 Å². The van der Waals surface area contributed by atoms with E-state index in [0.717, 1.165) is 32.2 Å². The molecule has 29 heavy (non-hydrogen) atoms. The first kappa shape index (κ1) is 19.6. The molecule has 2 unspecified atom stereocenters. The predicted molar refractivity (Wildman–Crippen MR) is 112 cm³/mol. The SMILES string of the molecule is CCN(C(=O)c1nc2ccc(F)cc2[nH]1)C1CCCC(NCc2ccccc2)C1. The molecule has 1 heterocycles. The quantitative estimate of drug-likeness (QED) is 0.657. The van der Waals surface area contributed by atoms with Crippen LogP contribution in [-0.2, 0) is 6.54 Å². The van der Waals surface area contributed by atoms with Crippen molar-refractivity contribution in [2.45, 2.75) is 51.2 Å². The molecule has 3 aromatic rings. The minimum atomic E-state index is -0.341. The number of halogens is 1. The van der Waals surface area contributed by atoms with Crippen LogP contribution in [0.2, 0.25) is 0 Å². The van der Waals surface area contributed by atoms with Gasteiger partial charge < -0.3 is 15.2 Å². The van der Waals surface area contributed by atoms with Gasteiger partial charge in [0.25, 0.3) is 5.91 Å². The summed E-state index contributed by atoms with van der Waals surface area (Å²) >= 11 is 0. The van der Waals surface area contributed by atoms with Crippen molar-refractivity contribution in [3.05, 3.63) is 65.7 Å². The van der Waals surface area contributed by atoms with Gasteiger partial charge in [-0.15, -0.1) is 0 Å². The Morgan fingerprint density at radius 1 is 1.24 bits per heavy atom. The fourth-order valence-corrected chi connectivity index (χ4v) is 4.28. The lowest BCUT2D eigenvalue weighted by Crippen LogP contribution is -2.47. The van der Waals surface area contributed by atoms with Crippen LogP contribution in [-0.4, -0.2) is 39.4 Å². The van der Waals surface area contributed by atoms with Crippen LogP contribution in [0.25, 0.3) is 11.0 Å². The van der Waals surface area contributed by atoms with E-state index in [1.165, 1.54) is 17.7 Å². The molecule has 2 atom stereocenters. The monoisotopic (exact) mass is 394 g/mol. The van der Waals surface area contributed by atoms with Gasteiger partial charge in [-0.3, -0.25) is 4.79 Å². The standard InChI is InChI=1S/C23H27FN4O/c1-2-28(23(29)22-26-20-12-11-17(24)13-21(20)27-22)19-10-6-9-18(14-19)25-15-16-7-4-3-5-8-16/h3-5,7-8,11-13,18-19,25H,2,6,9-10,14-15H2,1H3,(H,26,27). The number of rotatable bonds is 6. The Morgan fingerprint density at radius 2 is 2.07 bits per heavy atom. The topological polar surface area (TPSA) is 61.0 Å². The number of nitrogens with zero attached hydrogens (tertiary/aromatic N) is 2. The van der Waals surface area contributed by atoms with Crippen LogP contribution in [0.5, 0.6) is 0 Å². The van der Waals surface area contributed by atoms with Crippen molar-refractivity contribution in [3.8, 4) is 0 Å². The molecule has 1 saturated carbocycles. The van der Waals surface area contributed by atoms with Crippen molar-refractivity contribution >= 4 is 16.9 Å². The van der Waals surface area contributed by atoms with Crippen molar-refractivity contribution < 1.29 is 9.18 Å². The molecule has 152 valence electrons. The Balaban J connectivity index is 1.43. The number of carbonyl (C=O) groups is 1. The number of hydrogen-bond acceptors (Lipinski definition) is 3. The second-order valence-electron chi connectivity index (χ2n) is 7.72. The molecule has 0 bridgehead atoms. The Labute approximate surface area is 170 Å². The lowest BCUT2D eigenvalue weighted by Gasteiger charge is -2.37. The van der Waals surface area contributed by atoms with Gasteiger partial charge in [0, 0.05) is 25.2 Å². The maximum atomic E-state index is 13.5. The summed E-state index contributed by atoms with van der Waals surface area (Å²) in [4.78, 5) is 22.4. The highest BCUT2D eigenvalue weighted by atomic mass is 19.1. The summed E-state index contributed by atoms with van der Waals surface area (Å²) in [7, 11) is 0. The maximum Gasteiger partial charge on any atom is 0.289 e.